The largest absolute Gasteiger partial charge is 0.340 e. The van der Waals surface area contributed by atoms with Crippen LogP contribution < -0.4 is 0 Å². The second-order valence-electron chi connectivity index (χ2n) is 6.59. The third kappa shape index (κ3) is 3.66. The molecule has 1 N–H and O–H groups in total. The first-order chi connectivity index (χ1) is 11.6. The lowest BCUT2D eigenvalue weighted by Crippen LogP contribution is -2.46. The average molecular weight is 331 g/mol. The fourth-order valence-electron chi connectivity index (χ4n) is 3.16. The maximum absolute atomic E-state index is 12.5. The molecule has 0 bridgehead atoms. The first-order valence-corrected chi connectivity index (χ1v) is 8.73. The van der Waals surface area contributed by atoms with Crippen molar-refractivity contribution in [2.45, 2.75) is 44.4 Å². The Labute approximate surface area is 142 Å². The third-order valence-electron chi connectivity index (χ3n) is 4.82. The van der Waals surface area contributed by atoms with Gasteiger partial charge in [-0.2, -0.15) is 5.10 Å². The number of H-pyrrole nitrogens is 1. The zero-order chi connectivity index (χ0) is 17.1. The molecule has 2 fully saturated rings. The molecule has 2 aliphatic rings. The Morgan fingerprint density at radius 3 is 2.83 bits per heavy atom. The number of nitrogens with zero attached hydrogens (tertiary/aromatic N) is 4. The van der Waals surface area contributed by atoms with Crippen molar-refractivity contribution in [2.75, 3.05) is 26.2 Å². The summed E-state index contributed by atoms with van der Waals surface area (Å²) >= 11 is 0. The zero-order valence-electron chi connectivity index (χ0n) is 14.2. The van der Waals surface area contributed by atoms with E-state index in [1.807, 2.05) is 11.8 Å². The molecule has 2 heterocycles. The number of amides is 2. The maximum Gasteiger partial charge on any atom is 0.246 e. The molecule has 1 aromatic rings. The molecule has 7 nitrogen and oxygen atoms in total. The fourth-order valence-corrected chi connectivity index (χ4v) is 3.16. The molecule has 0 aromatic carbocycles. The average Bonchev–Trinajstić information content (AvgIpc) is 3.35. The first-order valence-electron chi connectivity index (χ1n) is 8.73. The van der Waals surface area contributed by atoms with E-state index < -0.39 is 0 Å². The monoisotopic (exact) mass is 331 g/mol. The molecule has 1 saturated heterocycles. The number of rotatable bonds is 6. The minimum Gasteiger partial charge on any atom is -0.340 e. The molecule has 1 unspecified atom stereocenters. The lowest BCUT2D eigenvalue weighted by Gasteiger charge is -2.33. The second kappa shape index (κ2) is 7.15. The van der Waals surface area contributed by atoms with Crippen LogP contribution in [0.5, 0.6) is 0 Å². The van der Waals surface area contributed by atoms with Gasteiger partial charge in [0.1, 0.15) is 5.82 Å². The van der Waals surface area contributed by atoms with Crippen LogP contribution in [0.15, 0.2) is 12.7 Å². The normalized spacial score (nSPS) is 20.7. The lowest BCUT2D eigenvalue weighted by atomic mass is 9.97. The molecule has 7 heteroatoms. The van der Waals surface area contributed by atoms with Crippen molar-refractivity contribution in [3.8, 4) is 0 Å². The van der Waals surface area contributed by atoms with Gasteiger partial charge in [0, 0.05) is 31.5 Å². The van der Waals surface area contributed by atoms with E-state index in [-0.39, 0.29) is 24.3 Å². The highest BCUT2D eigenvalue weighted by atomic mass is 16.2. The molecule has 3 rings (SSSR count). The van der Waals surface area contributed by atoms with Crippen LogP contribution in [0.25, 0.3) is 0 Å². The minimum absolute atomic E-state index is 0.0188. The van der Waals surface area contributed by atoms with Crippen molar-refractivity contribution >= 4 is 11.8 Å². The van der Waals surface area contributed by atoms with Crippen LogP contribution in [0.3, 0.4) is 0 Å². The second-order valence-corrected chi connectivity index (χ2v) is 6.59. The number of hydrogen-bond acceptors (Lipinski definition) is 4. The van der Waals surface area contributed by atoms with Crippen molar-refractivity contribution < 1.29 is 9.59 Å². The Kier molecular flexibility index (Phi) is 4.97. The molecule has 24 heavy (non-hydrogen) atoms. The van der Waals surface area contributed by atoms with Crippen LogP contribution in [0, 0.1) is 0 Å². The third-order valence-corrected chi connectivity index (χ3v) is 4.82. The van der Waals surface area contributed by atoms with Crippen molar-refractivity contribution in [3.05, 3.63) is 24.3 Å². The number of hydrogen-bond donors (Lipinski definition) is 1. The summed E-state index contributed by atoms with van der Waals surface area (Å²) in [6.07, 6.45) is 5.56. The summed E-state index contributed by atoms with van der Waals surface area (Å²) in [4.78, 5) is 32.2. The number of aromatic amines is 1. The van der Waals surface area contributed by atoms with Crippen molar-refractivity contribution in [1.82, 2.24) is 25.0 Å². The summed E-state index contributed by atoms with van der Waals surface area (Å²) in [5.74, 6) is 2.32. The number of likely N-dealkylation sites (tertiary alicyclic amines) is 1. The van der Waals surface area contributed by atoms with Crippen LogP contribution in [0.2, 0.25) is 0 Å². The quantitative estimate of drug-likeness (QED) is 0.799. The van der Waals surface area contributed by atoms with Gasteiger partial charge in [-0.25, -0.2) is 4.98 Å². The number of carbonyl (C=O) groups excluding carboxylic acids is 2. The summed E-state index contributed by atoms with van der Waals surface area (Å²) in [6, 6.07) is 0. The summed E-state index contributed by atoms with van der Waals surface area (Å²) in [6.45, 7) is 7.31. The number of carbonyl (C=O) groups is 2. The Morgan fingerprint density at radius 1 is 1.38 bits per heavy atom. The zero-order valence-corrected chi connectivity index (χ0v) is 14.2. The molecule has 1 atom stereocenters. The Bertz CT molecular complexity index is 622. The lowest BCUT2D eigenvalue weighted by molar-refractivity contribution is -0.138. The van der Waals surface area contributed by atoms with Crippen LogP contribution in [-0.2, 0) is 9.59 Å². The molecule has 1 aromatic heterocycles. The molecule has 1 saturated carbocycles. The highest BCUT2D eigenvalue weighted by molar-refractivity contribution is 5.90. The molecule has 1 aliphatic heterocycles. The topological polar surface area (TPSA) is 82.2 Å². The van der Waals surface area contributed by atoms with Gasteiger partial charge in [0.25, 0.3) is 0 Å². The van der Waals surface area contributed by atoms with Crippen LogP contribution in [0.1, 0.15) is 56.1 Å². The number of nitrogens with one attached hydrogen (secondary N) is 1. The molecular formula is C17H25N5O2. The van der Waals surface area contributed by atoms with E-state index in [1.54, 1.807) is 0 Å². The summed E-state index contributed by atoms with van der Waals surface area (Å²) in [5.41, 5.74) is 0. The van der Waals surface area contributed by atoms with Crippen LogP contribution in [0.4, 0.5) is 0 Å². The number of likely N-dealkylation sites (N-methyl/N-ethyl adjacent to an activating group) is 1. The summed E-state index contributed by atoms with van der Waals surface area (Å²) < 4.78 is 0. The molecule has 1 aliphatic carbocycles. The van der Waals surface area contributed by atoms with Crippen molar-refractivity contribution in [1.29, 1.82) is 0 Å². The molecule has 0 spiro atoms. The Hall–Kier alpha value is -2.18. The molecule has 0 radical (unpaired) electrons. The first kappa shape index (κ1) is 16.7. The predicted octanol–water partition coefficient (Wildman–Crippen LogP) is 1.42. The van der Waals surface area contributed by atoms with Crippen molar-refractivity contribution in [3.63, 3.8) is 0 Å². The van der Waals surface area contributed by atoms with Crippen LogP contribution >= 0.6 is 0 Å². The molecule has 2 amide bonds. The van der Waals surface area contributed by atoms with E-state index in [0.29, 0.717) is 19.0 Å². The standard InChI is InChI=1S/C17H25N5O2/c1-3-14(23)21(4-2)11-15(24)22-9-5-6-13(10-22)17-18-16(19-20-17)12-7-8-12/h3,12-13H,1,4-11H2,2H3,(H,18,19,20). The highest BCUT2D eigenvalue weighted by Crippen LogP contribution is 2.38. The van der Waals surface area contributed by atoms with E-state index in [9.17, 15) is 9.59 Å². The predicted molar refractivity (Wildman–Crippen MR) is 89.4 cm³/mol. The van der Waals surface area contributed by atoms with Gasteiger partial charge in [0.15, 0.2) is 5.82 Å². The minimum atomic E-state index is -0.206. The van der Waals surface area contributed by atoms with Gasteiger partial charge >= 0.3 is 0 Å². The van der Waals surface area contributed by atoms with Crippen molar-refractivity contribution in [2.24, 2.45) is 0 Å². The smallest absolute Gasteiger partial charge is 0.246 e. The summed E-state index contributed by atoms with van der Waals surface area (Å²) in [5, 5.41) is 7.41. The van der Waals surface area contributed by atoms with E-state index >= 15 is 0 Å². The summed E-state index contributed by atoms with van der Waals surface area (Å²) in [7, 11) is 0. The van der Waals surface area contributed by atoms with E-state index in [1.165, 1.54) is 23.8 Å². The highest BCUT2D eigenvalue weighted by Gasteiger charge is 2.31. The van der Waals surface area contributed by atoms with Gasteiger partial charge in [-0.3, -0.25) is 14.7 Å². The fraction of sp³-hybridized carbons (Fsp3) is 0.647. The van der Waals surface area contributed by atoms with E-state index in [2.05, 4.69) is 21.8 Å². The van der Waals surface area contributed by atoms with Gasteiger partial charge in [-0.1, -0.05) is 6.58 Å². The van der Waals surface area contributed by atoms with Gasteiger partial charge in [-0.05, 0) is 38.7 Å². The Balaban J connectivity index is 1.60. The Morgan fingerprint density at radius 2 is 2.17 bits per heavy atom. The van der Waals surface area contributed by atoms with Gasteiger partial charge in [-0.15, -0.1) is 0 Å². The maximum atomic E-state index is 12.5. The SMILES string of the molecule is C=CC(=O)N(CC)CC(=O)N1CCCC(c2n[nH]c(C3CC3)n2)C1. The van der Waals surface area contributed by atoms with E-state index in [4.69, 9.17) is 0 Å². The molecule has 130 valence electrons. The number of piperidine rings is 1. The number of aromatic nitrogens is 3. The van der Waals surface area contributed by atoms with Gasteiger partial charge < -0.3 is 9.80 Å². The van der Waals surface area contributed by atoms with E-state index in [0.717, 1.165) is 31.0 Å². The van der Waals surface area contributed by atoms with Crippen LogP contribution in [-0.4, -0.2) is 63.0 Å². The molecular weight excluding hydrogens is 306 g/mol. The van der Waals surface area contributed by atoms with Gasteiger partial charge in [0.2, 0.25) is 11.8 Å². The van der Waals surface area contributed by atoms with Gasteiger partial charge in [0.05, 0.1) is 6.54 Å².